The van der Waals surface area contributed by atoms with Crippen LogP contribution in [-0.2, 0) is 23.7 Å². The molecule has 0 amide bonds. The number of halogens is 2. The molecule has 7 aromatic rings. The molecule has 0 radical (unpaired) electrons. The summed E-state index contributed by atoms with van der Waals surface area (Å²) in [5.74, 6) is -3.12. The van der Waals surface area contributed by atoms with Crippen molar-refractivity contribution in [3.63, 3.8) is 0 Å². The van der Waals surface area contributed by atoms with E-state index in [0.717, 1.165) is 17.3 Å². The maximum atomic E-state index is 14.4. The van der Waals surface area contributed by atoms with E-state index < -0.39 is 65.9 Å². The van der Waals surface area contributed by atoms with Gasteiger partial charge in [-0.1, -0.05) is 125 Å². The molecule has 1 aliphatic heterocycles. The SMILES string of the molecule is Cc1ccc(N=c2nc(SC3O[C@H](COC(=O)c4ccccc4)[C@@H](OC(=O)c4ccccc4)[C@H](OC(=O)c4ccccc4)[C@H]3OC(=O)c3ccccc3)n(-c3ccc(Cl)cc3)c(=NC(C)(C)C)s2)cc1.Cl. The molecule has 0 spiro atoms. The van der Waals surface area contributed by atoms with Gasteiger partial charge in [0.05, 0.1) is 39.2 Å². The van der Waals surface area contributed by atoms with Crippen molar-refractivity contribution in [3.05, 3.63) is 212 Å². The fraction of sp³-hybridized carbons (Fsp3) is 0.204. The van der Waals surface area contributed by atoms with Gasteiger partial charge >= 0.3 is 23.9 Å². The number of aryl methyl sites for hydroxylation is 1. The van der Waals surface area contributed by atoms with Gasteiger partial charge in [-0.25, -0.2) is 24.2 Å². The van der Waals surface area contributed by atoms with E-state index in [1.807, 2.05) is 64.1 Å². The van der Waals surface area contributed by atoms with Crippen molar-refractivity contribution in [2.75, 3.05) is 6.61 Å². The Bertz CT molecular complexity index is 3080. The Morgan fingerprint density at radius 1 is 0.648 bits per heavy atom. The molecule has 0 aliphatic carbocycles. The van der Waals surface area contributed by atoms with Crippen molar-refractivity contribution in [2.24, 2.45) is 9.98 Å². The number of carbonyl (C=O) groups excluding carboxylic acids is 4. The lowest BCUT2D eigenvalue weighted by molar-refractivity contribution is -0.207. The number of ether oxygens (including phenoxy) is 5. The smallest absolute Gasteiger partial charge is 0.338 e. The molecular formula is C54H48Cl2N4O9S2. The van der Waals surface area contributed by atoms with Gasteiger partial charge in [0, 0.05) is 5.02 Å². The fourth-order valence-electron chi connectivity index (χ4n) is 7.12. The Morgan fingerprint density at radius 2 is 1.11 bits per heavy atom. The third-order valence-electron chi connectivity index (χ3n) is 10.5. The van der Waals surface area contributed by atoms with Crippen LogP contribution in [0.25, 0.3) is 5.69 Å². The van der Waals surface area contributed by atoms with Crippen LogP contribution >= 0.6 is 47.1 Å². The van der Waals surface area contributed by atoms with Crippen LogP contribution in [0.5, 0.6) is 0 Å². The van der Waals surface area contributed by atoms with Crippen molar-refractivity contribution >= 4 is 76.7 Å². The first-order valence-corrected chi connectivity index (χ1v) is 24.3. The maximum absolute atomic E-state index is 14.4. The van der Waals surface area contributed by atoms with Crippen LogP contribution in [0.3, 0.4) is 0 Å². The fourth-order valence-corrected chi connectivity index (χ4v) is 9.60. The summed E-state index contributed by atoms with van der Waals surface area (Å²) in [6.45, 7) is 7.36. The highest BCUT2D eigenvalue weighted by molar-refractivity contribution is 7.99. The molecule has 71 heavy (non-hydrogen) atoms. The van der Waals surface area contributed by atoms with E-state index in [1.165, 1.54) is 11.3 Å². The lowest BCUT2D eigenvalue weighted by atomic mass is 9.98. The Kier molecular flexibility index (Phi) is 17.4. The van der Waals surface area contributed by atoms with Crippen LogP contribution in [-0.4, -0.2) is 75.4 Å². The summed E-state index contributed by atoms with van der Waals surface area (Å²) in [5.41, 5.74) is 1.12. The second-order valence-electron chi connectivity index (χ2n) is 16.9. The van der Waals surface area contributed by atoms with Crippen molar-refractivity contribution in [2.45, 2.75) is 68.2 Å². The predicted molar refractivity (Wildman–Crippen MR) is 274 cm³/mol. The first-order chi connectivity index (χ1) is 33.8. The van der Waals surface area contributed by atoms with Crippen molar-refractivity contribution in [1.82, 2.24) is 9.55 Å². The van der Waals surface area contributed by atoms with Gasteiger partial charge < -0.3 is 23.7 Å². The standard InChI is InChI=1S/C54H47ClN4O9S2.ClH/c1-34-25-29-40(30-26-34)56-51-57-52(59(41-31-27-39(55)28-32-41)53(70-51)58-54(2,3)4)69-50-45(68-49(63)38-23-15-8-16-24-38)44(67-48(62)37-21-13-7-14-22-37)43(66-47(61)36-19-11-6-12-20-36)42(65-50)33-64-46(60)35-17-9-5-10-18-35;/h5-32,42-45,50H,33H2,1-4H3;1H/t42-,43-,44+,45-,50?;/m1./s1. The average Bonchev–Trinajstić information content (AvgIpc) is 3.36. The van der Waals surface area contributed by atoms with Crippen LogP contribution in [0.15, 0.2) is 185 Å². The molecule has 17 heteroatoms. The van der Waals surface area contributed by atoms with Gasteiger partial charge in [-0.3, -0.25) is 9.56 Å². The molecule has 364 valence electrons. The van der Waals surface area contributed by atoms with Crippen LogP contribution in [0.2, 0.25) is 5.02 Å². The molecule has 1 aromatic heterocycles. The minimum atomic E-state index is -1.59. The average molecular weight is 1030 g/mol. The van der Waals surface area contributed by atoms with Gasteiger partial charge in [0.1, 0.15) is 12.7 Å². The first kappa shape index (κ1) is 52.0. The van der Waals surface area contributed by atoms with E-state index in [1.54, 1.807) is 138 Å². The number of benzene rings is 6. The number of hydrogen-bond donors (Lipinski definition) is 0. The van der Waals surface area contributed by atoms with Gasteiger partial charge in [0.25, 0.3) is 0 Å². The molecular weight excluding hydrogens is 984 g/mol. The number of nitrogens with zero attached hydrogens (tertiary/aromatic N) is 4. The predicted octanol–water partition coefficient (Wildman–Crippen LogP) is 10.6. The molecule has 1 saturated heterocycles. The van der Waals surface area contributed by atoms with E-state index in [9.17, 15) is 19.2 Å². The minimum Gasteiger partial charge on any atom is -0.459 e. The molecule has 1 aliphatic rings. The lowest BCUT2D eigenvalue weighted by Crippen LogP contribution is -2.62. The summed E-state index contributed by atoms with van der Waals surface area (Å²) < 4.78 is 33.7. The number of aromatic nitrogens is 2. The quantitative estimate of drug-likeness (QED) is 0.0800. The summed E-state index contributed by atoms with van der Waals surface area (Å²) in [5, 5.41) is 0.750. The Morgan fingerprint density at radius 3 is 1.61 bits per heavy atom. The maximum Gasteiger partial charge on any atom is 0.338 e. The van der Waals surface area contributed by atoms with Crippen molar-refractivity contribution in [3.8, 4) is 5.69 Å². The van der Waals surface area contributed by atoms with Crippen LogP contribution in [0.1, 0.15) is 67.8 Å². The lowest BCUT2D eigenvalue weighted by Gasteiger charge is -2.44. The summed E-state index contributed by atoms with van der Waals surface area (Å²) >= 11 is 8.69. The normalized spacial score (nSPS) is 18.1. The Hall–Kier alpha value is -6.88. The molecule has 0 saturated carbocycles. The van der Waals surface area contributed by atoms with E-state index in [4.69, 9.17) is 50.3 Å². The summed E-state index contributed by atoms with van der Waals surface area (Å²) in [6.07, 6.45) is -6.01. The molecule has 1 fully saturated rings. The Labute approximate surface area is 429 Å². The zero-order chi connectivity index (χ0) is 49.2. The number of carbonyl (C=O) groups is 4. The van der Waals surface area contributed by atoms with Crippen LogP contribution in [0, 0.1) is 6.92 Å². The topological polar surface area (TPSA) is 157 Å². The zero-order valence-electron chi connectivity index (χ0n) is 38.8. The van der Waals surface area contributed by atoms with E-state index in [-0.39, 0.29) is 39.8 Å². The van der Waals surface area contributed by atoms with Crippen molar-refractivity contribution in [1.29, 1.82) is 0 Å². The second-order valence-corrected chi connectivity index (χ2v) is 19.4. The van der Waals surface area contributed by atoms with Gasteiger partial charge in [-0.2, -0.15) is 4.98 Å². The van der Waals surface area contributed by atoms with Gasteiger partial charge in [-0.15, -0.1) is 12.4 Å². The molecule has 5 atom stereocenters. The van der Waals surface area contributed by atoms with E-state index >= 15 is 0 Å². The third kappa shape index (κ3) is 13.7. The number of thioether (sulfide) groups is 1. The van der Waals surface area contributed by atoms with Gasteiger partial charge in [0.15, 0.2) is 33.7 Å². The molecule has 8 rings (SSSR count). The highest BCUT2D eigenvalue weighted by Crippen LogP contribution is 2.38. The first-order valence-electron chi connectivity index (χ1n) is 22.2. The Balaban J connectivity index is 0.00000741. The van der Waals surface area contributed by atoms with Crippen LogP contribution < -0.4 is 9.60 Å². The second kappa shape index (κ2) is 23.8. The monoisotopic (exact) mass is 1030 g/mol. The minimum absolute atomic E-state index is 0. The molecule has 6 aromatic carbocycles. The molecule has 0 N–H and O–H groups in total. The highest BCUT2D eigenvalue weighted by Gasteiger charge is 2.54. The van der Waals surface area contributed by atoms with Crippen LogP contribution in [0.4, 0.5) is 5.69 Å². The summed E-state index contributed by atoms with van der Waals surface area (Å²) in [6, 6.07) is 47.7. The van der Waals surface area contributed by atoms with E-state index in [2.05, 4.69) is 0 Å². The molecule has 0 bridgehead atoms. The van der Waals surface area contributed by atoms with Gasteiger partial charge in [-0.05, 0) is 113 Å². The highest BCUT2D eigenvalue weighted by atomic mass is 35.5. The molecule has 13 nitrogen and oxygen atoms in total. The van der Waals surface area contributed by atoms with Crippen molar-refractivity contribution < 1.29 is 42.9 Å². The number of hydrogen-bond acceptors (Lipinski definition) is 14. The molecule has 1 unspecified atom stereocenters. The summed E-state index contributed by atoms with van der Waals surface area (Å²) in [4.78, 5) is 72.5. The van der Waals surface area contributed by atoms with Gasteiger partial charge in [0.2, 0.25) is 4.80 Å². The largest absolute Gasteiger partial charge is 0.459 e. The third-order valence-corrected chi connectivity index (χ3v) is 12.7. The van der Waals surface area contributed by atoms with E-state index in [0.29, 0.717) is 26.0 Å². The number of rotatable bonds is 13. The summed E-state index contributed by atoms with van der Waals surface area (Å²) in [7, 11) is 0. The zero-order valence-corrected chi connectivity index (χ0v) is 42.0. The molecule has 2 heterocycles. The number of esters is 4.